The number of anilines is 1. The predicted molar refractivity (Wildman–Crippen MR) is 61.8 cm³/mol. The van der Waals surface area contributed by atoms with E-state index in [9.17, 15) is 4.79 Å². The Morgan fingerprint density at radius 2 is 2.18 bits per heavy atom. The van der Waals surface area contributed by atoms with Crippen LogP contribution in [-0.2, 0) is 0 Å². The quantitative estimate of drug-likeness (QED) is 0.769. The van der Waals surface area contributed by atoms with E-state index in [-0.39, 0.29) is 11.6 Å². The fourth-order valence-electron chi connectivity index (χ4n) is 1.39. The van der Waals surface area contributed by atoms with Crippen molar-refractivity contribution in [3.63, 3.8) is 0 Å². The van der Waals surface area contributed by atoms with E-state index in [0.29, 0.717) is 11.3 Å². The van der Waals surface area contributed by atoms with Crippen LogP contribution in [0.1, 0.15) is 16.2 Å². The lowest BCUT2D eigenvalue weighted by molar-refractivity contribution is 0.0995. The molecule has 0 aliphatic carbocycles. The third-order valence-corrected chi connectivity index (χ3v) is 2.08. The molecule has 85 valence electrons. The van der Waals surface area contributed by atoms with Gasteiger partial charge in [-0.05, 0) is 19.1 Å². The summed E-state index contributed by atoms with van der Waals surface area (Å²) in [7, 11) is 0. The maximum atomic E-state index is 11.0. The minimum Gasteiger partial charge on any atom is -0.368 e. The molecule has 4 N–H and O–H groups in total. The molecule has 2 aromatic rings. The number of carbonyl (C=O) groups is 1. The molecular weight excluding hydrogens is 218 g/mol. The first-order valence-electron chi connectivity index (χ1n) is 4.86. The van der Waals surface area contributed by atoms with Crippen LogP contribution in [-0.4, -0.2) is 20.9 Å². The van der Waals surface area contributed by atoms with E-state index in [1.54, 1.807) is 19.1 Å². The molecule has 1 amide bonds. The fraction of sp³-hybridized carbons (Fsp3) is 0.0909. The number of primary amides is 1. The molecule has 0 spiro atoms. The summed E-state index contributed by atoms with van der Waals surface area (Å²) in [5.74, 6) is -0.462. The molecule has 2 aromatic heterocycles. The number of pyridine rings is 1. The van der Waals surface area contributed by atoms with Crippen LogP contribution in [0.15, 0.2) is 18.3 Å². The van der Waals surface area contributed by atoms with Crippen molar-refractivity contribution in [2.75, 3.05) is 5.73 Å². The Balaban J connectivity index is 2.52. The van der Waals surface area contributed by atoms with Gasteiger partial charge in [0.25, 0.3) is 5.91 Å². The summed E-state index contributed by atoms with van der Waals surface area (Å²) in [5, 5.41) is 0. The van der Waals surface area contributed by atoms with Gasteiger partial charge < -0.3 is 11.5 Å². The number of carbonyl (C=O) groups excluding carboxylic acids is 1. The Kier molecular flexibility index (Phi) is 2.70. The summed E-state index contributed by atoms with van der Waals surface area (Å²) < 4.78 is 0. The van der Waals surface area contributed by atoms with Gasteiger partial charge in [0.05, 0.1) is 5.69 Å². The number of nitrogens with two attached hydrogens (primary N) is 2. The van der Waals surface area contributed by atoms with Crippen molar-refractivity contribution < 1.29 is 4.79 Å². The van der Waals surface area contributed by atoms with E-state index in [1.807, 2.05) is 0 Å². The maximum Gasteiger partial charge on any atom is 0.267 e. The van der Waals surface area contributed by atoms with Gasteiger partial charge in [0.2, 0.25) is 5.95 Å². The van der Waals surface area contributed by atoms with E-state index in [1.165, 1.54) is 6.20 Å². The summed E-state index contributed by atoms with van der Waals surface area (Å²) in [6.07, 6.45) is 1.47. The Morgan fingerprint density at radius 3 is 2.82 bits per heavy atom. The molecule has 2 rings (SSSR count). The zero-order valence-electron chi connectivity index (χ0n) is 9.14. The third-order valence-electron chi connectivity index (χ3n) is 2.08. The average Bonchev–Trinajstić information content (AvgIpc) is 2.28. The summed E-state index contributed by atoms with van der Waals surface area (Å²) in [5.41, 5.74) is 12.7. The van der Waals surface area contributed by atoms with E-state index in [0.717, 1.165) is 5.69 Å². The van der Waals surface area contributed by atoms with E-state index < -0.39 is 5.91 Å². The molecule has 2 heterocycles. The lowest BCUT2D eigenvalue weighted by Gasteiger charge is -2.03. The molecule has 0 atom stereocenters. The molecule has 0 aromatic carbocycles. The molecule has 6 nitrogen and oxygen atoms in total. The molecule has 0 fully saturated rings. The highest BCUT2D eigenvalue weighted by Crippen LogP contribution is 2.17. The molecule has 1 radical (unpaired) electrons. The first-order valence-corrected chi connectivity index (χ1v) is 4.86. The maximum absolute atomic E-state index is 11.0. The summed E-state index contributed by atoms with van der Waals surface area (Å²) in [4.78, 5) is 22.8. The van der Waals surface area contributed by atoms with Gasteiger partial charge in [-0.15, -0.1) is 0 Å². The van der Waals surface area contributed by atoms with Crippen molar-refractivity contribution >= 4 is 11.9 Å². The number of amides is 1. The number of rotatable bonds is 2. The first-order chi connectivity index (χ1) is 8.06. The zero-order chi connectivity index (χ0) is 12.4. The summed E-state index contributed by atoms with van der Waals surface area (Å²) >= 11 is 0. The topological polar surface area (TPSA) is 108 Å². The Bertz CT molecular complexity index is 562. The van der Waals surface area contributed by atoms with Crippen molar-refractivity contribution in [3.8, 4) is 11.3 Å². The van der Waals surface area contributed by atoms with Crippen LogP contribution in [0, 0.1) is 13.0 Å². The molecule has 17 heavy (non-hydrogen) atoms. The largest absolute Gasteiger partial charge is 0.368 e. The number of aromatic nitrogens is 3. The smallest absolute Gasteiger partial charge is 0.267 e. The SMILES string of the molecule is Cc1cc(-c2[c]c(C(N)=O)ncc2)nc(N)n1. The standard InChI is InChI=1S/C11H10N5O/c1-6-4-8(16-11(13)15-6)7-2-3-14-9(5-7)10(12)17/h2-4H,1H3,(H2,12,17)(H2,13,15,16). The molecule has 0 unspecified atom stereocenters. The zero-order valence-corrected chi connectivity index (χ0v) is 9.14. The van der Waals surface area contributed by atoms with Crippen molar-refractivity contribution in [3.05, 3.63) is 35.8 Å². The molecule has 0 saturated heterocycles. The van der Waals surface area contributed by atoms with Crippen molar-refractivity contribution in [1.29, 1.82) is 0 Å². The van der Waals surface area contributed by atoms with Gasteiger partial charge in [-0.1, -0.05) is 0 Å². The number of hydrogen-bond acceptors (Lipinski definition) is 5. The van der Waals surface area contributed by atoms with E-state index in [4.69, 9.17) is 11.5 Å². The van der Waals surface area contributed by atoms with Gasteiger partial charge in [0.1, 0.15) is 5.69 Å². The van der Waals surface area contributed by atoms with Crippen molar-refractivity contribution in [2.45, 2.75) is 6.92 Å². The van der Waals surface area contributed by atoms with Gasteiger partial charge in [0.15, 0.2) is 0 Å². The van der Waals surface area contributed by atoms with Crippen molar-refractivity contribution in [1.82, 2.24) is 15.0 Å². The van der Waals surface area contributed by atoms with Crippen LogP contribution in [0.5, 0.6) is 0 Å². The third kappa shape index (κ3) is 2.36. The van der Waals surface area contributed by atoms with E-state index in [2.05, 4.69) is 21.0 Å². The lowest BCUT2D eigenvalue weighted by atomic mass is 10.1. The van der Waals surface area contributed by atoms with Crippen LogP contribution in [0.4, 0.5) is 5.95 Å². The number of nitrogens with zero attached hydrogens (tertiary/aromatic N) is 3. The number of nitrogen functional groups attached to an aromatic ring is 1. The van der Waals surface area contributed by atoms with Gasteiger partial charge in [-0.25, -0.2) is 9.97 Å². The molecular formula is C11H10N5O. The van der Waals surface area contributed by atoms with Crippen LogP contribution in [0.3, 0.4) is 0 Å². The second-order valence-corrected chi connectivity index (χ2v) is 3.45. The number of hydrogen-bond donors (Lipinski definition) is 2. The van der Waals surface area contributed by atoms with Gasteiger partial charge in [-0.2, -0.15) is 0 Å². The lowest BCUT2D eigenvalue weighted by Crippen LogP contribution is -2.13. The molecule has 0 aliphatic heterocycles. The Hall–Kier alpha value is -2.50. The van der Waals surface area contributed by atoms with Crippen LogP contribution < -0.4 is 11.5 Å². The molecule has 0 bridgehead atoms. The average molecular weight is 228 g/mol. The highest BCUT2D eigenvalue weighted by Gasteiger charge is 2.07. The second kappa shape index (κ2) is 4.17. The predicted octanol–water partition coefficient (Wildman–Crippen LogP) is 0.328. The first kappa shape index (κ1) is 11.0. The minimum atomic E-state index is -0.634. The van der Waals surface area contributed by atoms with Crippen LogP contribution >= 0.6 is 0 Å². The summed E-state index contributed by atoms with van der Waals surface area (Å²) in [6, 6.07) is 6.20. The highest BCUT2D eigenvalue weighted by molar-refractivity contribution is 5.91. The normalized spacial score (nSPS) is 10.2. The van der Waals surface area contributed by atoms with Crippen molar-refractivity contribution in [2.24, 2.45) is 5.73 Å². The van der Waals surface area contributed by atoms with Gasteiger partial charge >= 0.3 is 0 Å². The molecule has 0 aliphatic rings. The van der Waals surface area contributed by atoms with E-state index >= 15 is 0 Å². The second-order valence-electron chi connectivity index (χ2n) is 3.45. The fourth-order valence-corrected chi connectivity index (χ4v) is 1.39. The molecule has 6 heteroatoms. The monoisotopic (exact) mass is 228 g/mol. The van der Waals surface area contributed by atoms with Crippen LogP contribution in [0.25, 0.3) is 11.3 Å². The van der Waals surface area contributed by atoms with Gasteiger partial charge in [-0.3, -0.25) is 9.78 Å². The summed E-state index contributed by atoms with van der Waals surface area (Å²) in [6.45, 7) is 1.80. The van der Waals surface area contributed by atoms with Gasteiger partial charge in [0, 0.05) is 23.5 Å². The minimum absolute atomic E-state index is 0.0670. The highest BCUT2D eigenvalue weighted by atomic mass is 16.1. The van der Waals surface area contributed by atoms with Crippen LogP contribution in [0.2, 0.25) is 0 Å². The number of aryl methyl sites for hydroxylation is 1. The Morgan fingerprint density at radius 1 is 1.41 bits per heavy atom. The Labute approximate surface area is 97.7 Å². The molecule has 0 saturated carbocycles.